The summed E-state index contributed by atoms with van der Waals surface area (Å²) in [6.45, 7) is 4.34. The first-order chi connectivity index (χ1) is 22.2. The second-order valence-electron chi connectivity index (χ2n) is 11.8. The molecule has 0 radical (unpaired) electrons. The molecule has 0 spiro atoms. The van der Waals surface area contributed by atoms with Crippen LogP contribution in [-0.4, -0.2) is 114 Å². The number of benzene rings is 2. The fraction of sp³-hybridized carbons (Fsp3) is 0.469. The van der Waals surface area contributed by atoms with Gasteiger partial charge in [-0.15, -0.1) is 0 Å². The maximum atomic E-state index is 14.2. The van der Waals surface area contributed by atoms with Crippen molar-refractivity contribution in [3.8, 4) is 34.3 Å². The van der Waals surface area contributed by atoms with Crippen LogP contribution >= 0.6 is 0 Å². The summed E-state index contributed by atoms with van der Waals surface area (Å²) in [5.41, 5.74) is 0.138. The molecule has 5 rings (SSSR count). The molecule has 0 amide bonds. The van der Waals surface area contributed by atoms with E-state index in [-0.39, 0.29) is 45.8 Å². The van der Waals surface area contributed by atoms with Crippen LogP contribution < -0.4 is 14.9 Å². The maximum absolute atomic E-state index is 14.2. The Morgan fingerprint density at radius 1 is 0.851 bits per heavy atom. The predicted molar refractivity (Wildman–Crippen MR) is 162 cm³/mol. The average molecular weight is 663 g/mol. The zero-order chi connectivity index (χ0) is 34.3. The lowest BCUT2D eigenvalue weighted by molar-refractivity contribution is -0.277. The Hall–Kier alpha value is -3.77. The van der Waals surface area contributed by atoms with Gasteiger partial charge in [-0.05, 0) is 51.5 Å². The molecule has 15 heteroatoms. The molecule has 9 N–H and O–H groups in total. The Kier molecular flexibility index (Phi) is 10.1. The van der Waals surface area contributed by atoms with Gasteiger partial charge in [-0.25, -0.2) is 0 Å². The first kappa shape index (κ1) is 34.6. The van der Waals surface area contributed by atoms with Crippen LogP contribution in [-0.2, 0) is 15.9 Å². The lowest BCUT2D eigenvalue weighted by Crippen LogP contribution is -2.60. The maximum Gasteiger partial charge on any atom is 0.239 e. The molecule has 0 aliphatic carbocycles. The summed E-state index contributed by atoms with van der Waals surface area (Å²) in [5.74, 6) is -1.66. The number of allylic oxidation sites excluding steroid dienone is 2. The number of fused-ring (bicyclic) bond motifs is 1. The Morgan fingerprint density at radius 3 is 2.09 bits per heavy atom. The summed E-state index contributed by atoms with van der Waals surface area (Å²) in [4.78, 5) is 14.2. The smallest absolute Gasteiger partial charge is 0.239 e. The van der Waals surface area contributed by atoms with E-state index in [0.29, 0.717) is 0 Å². The van der Waals surface area contributed by atoms with Crippen LogP contribution in [0.2, 0.25) is 0 Å². The third-order valence-electron chi connectivity index (χ3n) is 8.14. The number of aliphatic hydroxyl groups excluding tert-OH is 7. The second-order valence-corrected chi connectivity index (χ2v) is 11.8. The van der Waals surface area contributed by atoms with Crippen LogP contribution in [0.15, 0.2) is 51.2 Å². The molecule has 0 bridgehead atoms. The van der Waals surface area contributed by atoms with Crippen LogP contribution in [0, 0.1) is 0 Å². The van der Waals surface area contributed by atoms with Crippen molar-refractivity contribution in [3.63, 3.8) is 0 Å². The zero-order valence-corrected chi connectivity index (χ0v) is 25.6. The van der Waals surface area contributed by atoms with Crippen LogP contribution in [0.25, 0.3) is 22.3 Å². The number of hydrogen-bond donors (Lipinski definition) is 9. The van der Waals surface area contributed by atoms with Crippen molar-refractivity contribution in [2.45, 2.75) is 88.6 Å². The average Bonchev–Trinajstić information content (AvgIpc) is 3.03. The summed E-state index contributed by atoms with van der Waals surface area (Å²) in [6.07, 6.45) is -13.9. The third-order valence-corrected chi connectivity index (χ3v) is 8.14. The molecule has 2 aliphatic heterocycles. The molecule has 15 nitrogen and oxygen atoms in total. The van der Waals surface area contributed by atoms with E-state index >= 15 is 0 Å². The van der Waals surface area contributed by atoms with Gasteiger partial charge in [0, 0.05) is 17.2 Å². The van der Waals surface area contributed by atoms with Crippen LogP contribution in [0.4, 0.5) is 0 Å². The minimum atomic E-state index is -1.79. The lowest BCUT2D eigenvalue weighted by atomic mass is 9.99. The molecular weight excluding hydrogens is 624 g/mol. The lowest BCUT2D eigenvalue weighted by Gasteiger charge is -2.39. The van der Waals surface area contributed by atoms with E-state index in [0.717, 1.165) is 11.6 Å². The van der Waals surface area contributed by atoms with Gasteiger partial charge in [0.25, 0.3) is 0 Å². The highest BCUT2D eigenvalue weighted by Crippen LogP contribution is 2.41. The van der Waals surface area contributed by atoms with Crippen molar-refractivity contribution in [1.82, 2.24) is 0 Å². The van der Waals surface area contributed by atoms with Gasteiger partial charge in [0.15, 0.2) is 5.76 Å². The molecule has 0 saturated carbocycles. The van der Waals surface area contributed by atoms with E-state index in [2.05, 4.69) is 0 Å². The number of phenolic OH excluding ortho intramolecular Hbond substituents is 2. The number of aromatic hydroxyl groups is 2. The Balaban J connectivity index is 1.71. The van der Waals surface area contributed by atoms with Crippen molar-refractivity contribution < 1.29 is 69.3 Å². The van der Waals surface area contributed by atoms with Gasteiger partial charge >= 0.3 is 0 Å². The van der Waals surface area contributed by atoms with Gasteiger partial charge in [0.1, 0.15) is 70.9 Å². The van der Waals surface area contributed by atoms with Gasteiger partial charge in [-0.2, -0.15) is 0 Å². The van der Waals surface area contributed by atoms with Gasteiger partial charge in [-0.3, -0.25) is 4.79 Å². The molecule has 2 fully saturated rings. The molecule has 10 atom stereocenters. The molecular formula is C32H38O15. The van der Waals surface area contributed by atoms with Crippen molar-refractivity contribution in [3.05, 3.63) is 57.8 Å². The Morgan fingerprint density at radius 2 is 1.47 bits per heavy atom. The molecule has 3 aromatic rings. The van der Waals surface area contributed by atoms with E-state index in [1.807, 2.05) is 13.8 Å². The van der Waals surface area contributed by atoms with Crippen molar-refractivity contribution >= 4 is 11.0 Å². The summed E-state index contributed by atoms with van der Waals surface area (Å²) in [5, 5.41) is 92.5. The molecule has 3 heterocycles. The van der Waals surface area contributed by atoms with E-state index in [1.54, 1.807) is 6.08 Å². The Labute approximate surface area is 267 Å². The second kappa shape index (κ2) is 13.8. The highest BCUT2D eigenvalue weighted by Gasteiger charge is 2.46. The summed E-state index contributed by atoms with van der Waals surface area (Å²) in [7, 11) is 0. The minimum Gasteiger partial charge on any atom is -0.508 e. The highest BCUT2D eigenvalue weighted by atomic mass is 16.7. The first-order valence-electron chi connectivity index (χ1n) is 14.8. The fourth-order valence-corrected chi connectivity index (χ4v) is 5.39. The highest BCUT2D eigenvalue weighted by molar-refractivity contribution is 5.91. The number of ether oxygens (including phenoxy) is 4. The standard InChI is InChI=1S/C32H38O15/c1-12(2)4-9-16-18(44-32-27(42)25(40)22(37)19(11-33)45-32)10-17(35)20-23(38)30(47-31-26(41)24(39)21(36)13(3)43-31)28(46-29(16)20)14-5-7-15(34)8-6-14/h4-8,10,13,19,21-22,24-27,31-37,39-42H,9,11H2,1-3H3/t13-,19+,21-,22-,24+,25-,26-,27+,31-,32+/m0/s1. The molecule has 2 aliphatic rings. The zero-order valence-electron chi connectivity index (χ0n) is 25.6. The molecule has 2 aromatic carbocycles. The first-order valence-corrected chi connectivity index (χ1v) is 14.8. The van der Waals surface area contributed by atoms with E-state index in [9.17, 15) is 50.8 Å². The number of hydrogen-bond acceptors (Lipinski definition) is 15. The Bertz CT molecular complexity index is 1660. The van der Waals surface area contributed by atoms with Crippen LogP contribution in [0.5, 0.6) is 23.0 Å². The number of phenols is 2. The molecule has 47 heavy (non-hydrogen) atoms. The number of aliphatic hydroxyl groups is 7. The van der Waals surface area contributed by atoms with Crippen molar-refractivity contribution in [2.24, 2.45) is 0 Å². The molecule has 256 valence electrons. The monoisotopic (exact) mass is 662 g/mol. The van der Waals surface area contributed by atoms with Gasteiger partial charge in [0.2, 0.25) is 23.8 Å². The summed E-state index contributed by atoms with van der Waals surface area (Å²) < 4.78 is 29.0. The van der Waals surface area contributed by atoms with E-state index < -0.39 is 84.9 Å². The molecule has 2 saturated heterocycles. The third kappa shape index (κ3) is 6.67. The molecule has 1 aromatic heterocycles. The SMILES string of the molecule is CC(C)=CCc1c(O[C@@H]2O[C@H](CO)[C@H](O)[C@H](O)[C@H]2O)cc(O)c2c(=O)c(O[C@@H]3O[C@@H](C)[C@H](O)[C@@H](O)[C@@H]3O)c(-c3ccc(O)cc3)oc12. The van der Waals surface area contributed by atoms with Gasteiger partial charge in [-0.1, -0.05) is 11.6 Å². The van der Waals surface area contributed by atoms with Crippen molar-refractivity contribution in [1.29, 1.82) is 0 Å². The predicted octanol–water partition coefficient (Wildman–Crippen LogP) is -0.235. The van der Waals surface area contributed by atoms with Crippen molar-refractivity contribution in [2.75, 3.05) is 6.61 Å². The topological polar surface area (TPSA) is 249 Å². The number of rotatable bonds is 8. The quantitative estimate of drug-likeness (QED) is 0.141. The van der Waals surface area contributed by atoms with Gasteiger partial charge in [0.05, 0.1) is 12.7 Å². The summed E-state index contributed by atoms with van der Waals surface area (Å²) in [6, 6.07) is 6.52. The van der Waals surface area contributed by atoms with Crippen LogP contribution in [0.3, 0.4) is 0 Å². The van der Waals surface area contributed by atoms with Gasteiger partial charge < -0.3 is 69.3 Å². The normalized spacial score (nSPS) is 31.0. The van der Waals surface area contributed by atoms with E-state index in [4.69, 9.17) is 23.4 Å². The largest absolute Gasteiger partial charge is 0.508 e. The van der Waals surface area contributed by atoms with Crippen LogP contribution in [0.1, 0.15) is 26.3 Å². The summed E-state index contributed by atoms with van der Waals surface area (Å²) >= 11 is 0. The fourth-order valence-electron chi connectivity index (χ4n) is 5.39. The van der Waals surface area contributed by atoms with E-state index in [1.165, 1.54) is 31.2 Å². The minimum absolute atomic E-state index is 0.0517. The molecule has 0 unspecified atom stereocenters.